The second-order valence-electron chi connectivity index (χ2n) is 10.7. The highest BCUT2D eigenvalue weighted by Gasteiger charge is 2.30. The Morgan fingerprint density at radius 1 is 1.05 bits per heavy atom. The van der Waals surface area contributed by atoms with E-state index in [9.17, 15) is 24.0 Å². The summed E-state index contributed by atoms with van der Waals surface area (Å²) in [5.74, 6) is -1.78. The fraction of sp³-hybridized carbons (Fsp3) is 0.581. The third-order valence-electron chi connectivity index (χ3n) is 7.72. The van der Waals surface area contributed by atoms with E-state index in [1.165, 1.54) is 4.90 Å². The zero-order chi connectivity index (χ0) is 31.0. The normalized spacial score (nSPS) is 18.0. The van der Waals surface area contributed by atoms with Gasteiger partial charge < -0.3 is 35.2 Å². The summed E-state index contributed by atoms with van der Waals surface area (Å²) in [7, 11) is 0. The number of nitrogens with zero attached hydrogens (tertiary/aromatic N) is 2. The summed E-state index contributed by atoms with van der Waals surface area (Å²) in [6, 6.07) is 7.75. The molecule has 0 radical (unpaired) electrons. The largest absolute Gasteiger partial charge is 0.454 e. The van der Waals surface area contributed by atoms with Crippen molar-refractivity contribution in [1.29, 1.82) is 0 Å². The molecule has 12 heteroatoms. The number of carbonyl (C=O) groups excluding carboxylic acids is 5. The monoisotopic (exact) mass is 599 g/mol. The Morgan fingerprint density at radius 2 is 1.77 bits per heavy atom. The van der Waals surface area contributed by atoms with Gasteiger partial charge in [-0.2, -0.15) is 0 Å². The molecule has 3 rings (SSSR count). The highest BCUT2D eigenvalue weighted by atomic mass is 16.6. The van der Waals surface area contributed by atoms with Gasteiger partial charge in [0.15, 0.2) is 6.61 Å². The van der Waals surface area contributed by atoms with Crippen molar-refractivity contribution >= 4 is 29.8 Å². The number of esters is 1. The topological polar surface area (TPSA) is 146 Å². The Hall–Kier alpha value is -3.93. The number of ether oxygens (including phenoxy) is 2. The SMILES string of the molecule is CCN(CC)C(=O)COC(=O)[C@H](CNC(=O)[C@@H]1CCCN(C(=O)/C=C/C2CCNCC2)C1)NC(=O)OCc1ccccc1. The highest BCUT2D eigenvalue weighted by Crippen LogP contribution is 2.18. The molecule has 2 fully saturated rings. The van der Waals surface area contributed by atoms with Gasteiger partial charge in [0, 0.05) is 32.7 Å². The molecule has 2 heterocycles. The van der Waals surface area contributed by atoms with Gasteiger partial charge in [-0.1, -0.05) is 36.4 Å². The van der Waals surface area contributed by atoms with Gasteiger partial charge in [-0.05, 0) is 70.2 Å². The van der Waals surface area contributed by atoms with Crippen molar-refractivity contribution in [3.8, 4) is 0 Å². The van der Waals surface area contributed by atoms with Gasteiger partial charge in [0.05, 0.1) is 5.92 Å². The molecule has 43 heavy (non-hydrogen) atoms. The first-order chi connectivity index (χ1) is 20.8. The number of amides is 4. The molecule has 0 unspecified atom stereocenters. The standard InChI is InChI=1S/C31H45N5O7/c1-3-35(4-2)28(38)22-42-30(40)26(34-31(41)43-21-24-9-6-5-7-10-24)19-33-29(39)25-11-8-18-36(20-25)27(37)13-12-23-14-16-32-17-15-23/h5-7,9-10,12-13,23,25-26,32H,3-4,8,11,14-22H2,1-2H3,(H,33,39)(H,34,41)/b13-12+/t25-,26+/m1/s1. The molecule has 1 aromatic rings. The molecule has 0 bridgehead atoms. The molecule has 236 valence electrons. The minimum Gasteiger partial charge on any atom is -0.454 e. The molecule has 0 spiro atoms. The number of benzene rings is 1. The van der Waals surface area contributed by atoms with Crippen molar-refractivity contribution in [3.63, 3.8) is 0 Å². The zero-order valence-electron chi connectivity index (χ0n) is 25.2. The van der Waals surface area contributed by atoms with Crippen molar-refractivity contribution in [2.45, 2.75) is 52.2 Å². The molecule has 0 saturated carbocycles. The smallest absolute Gasteiger partial charge is 0.408 e. The number of hydrogen-bond donors (Lipinski definition) is 3. The van der Waals surface area contributed by atoms with Gasteiger partial charge in [-0.25, -0.2) is 9.59 Å². The lowest BCUT2D eigenvalue weighted by Crippen LogP contribution is -2.52. The van der Waals surface area contributed by atoms with Crippen LogP contribution in [0.5, 0.6) is 0 Å². The van der Waals surface area contributed by atoms with Gasteiger partial charge >= 0.3 is 12.1 Å². The Bertz CT molecular complexity index is 1100. The quantitative estimate of drug-likeness (QED) is 0.229. The third kappa shape index (κ3) is 11.3. The van der Waals surface area contributed by atoms with E-state index in [1.807, 2.05) is 38.1 Å². The maximum absolute atomic E-state index is 13.1. The molecule has 2 saturated heterocycles. The maximum Gasteiger partial charge on any atom is 0.408 e. The molecule has 1 aromatic carbocycles. The van der Waals surface area contributed by atoms with E-state index < -0.39 is 30.6 Å². The fourth-order valence-corrected chi connectivity index (χ4v) is 5.10. The minimum atomic E-state index is -1.29. The summed E-state index contributed by atoms with van der Waals surface area (Å²) in [6.45, 7) is 6.51. The summed E-state index contributed by atoms with van der Waals surface area (Å²) in [5, 5.41) is 8.47. The lowest BCUT2D eigenvalue weighted by molar-refractivity contribution is -0.153. The third-order valence-corrected chi connectivity index (χ3v) is 7.72. The molecule has 2 atom stereocenters. The van der Waals surface area contributed by atoms with Crippen molar-refractivity contribution < 1.29 is 33.4 Å². The lowest BCUT2D eigenvalue weighted by Gasteiger charge is -2.31. The summed E-state index contributed by atoms with van der Waals surface area (Å²) in [5.41, 5.74) is 0.761. The second-order valence-corrected chi connectivity index (χ2v) is 10.7. The number of likely N-dealkylation sites (tertiary alicyclic amines) is 1. The van der Waals surface area contributed by atoms with Crippen LogP contribution in [0.1, 0.15) is 45.1 Å². The molecule has 4 amide bonds. The van der Waals surface area contributed by atoms with Gasteiger partial charge in [0.25, 0.3) is 5.91 Å². The average molecular weight is 600 g/mol. The van der Waals surface area contributed by atoms with Crippen LogP contribution < -0.4 is 16.0 Å². The lowest BCUT2D eigenvalue weighted by atomic mass is 9.96. The summed E-state index contributed by atoms with van der Waals surface area (Å²) >= 11 is 0. The van der Waals surface area contributed by atoms with E-state index in [0.717, 1.165) is 31.5 Å². The molecular weight excluding hydrogens is 554 g/mol. The predicted molar refractivity (Wildman–Crippen MR) is 159 cm³/mol. The molecule has 3 N–H and O–H groups in total. The van der Waals surface area contributed by atoms with Crippen LogP contribution in [0.4, 0.5) is 4.79 Å². The fourth-order valence-electron chi connectivity index (χ4n) is 5.10. The van der Waals surface area contributed by atoms with E-state index in [-0.39, 0.29) is 37.4 Å². The first-order valence-electron chi connectivity index (χ1n) is 15.2. The Kier molecular flexibility index (Phi) is 14.0. The van der Waals surface area contributed by atoms with Crippen LogP contribution in [0.2, 0.25) is 0 Å². The zero-order valence-corrected chi connectivity index (χ0v) is 25.2. The first kappa shape index (κ1) is 33.6. The van der Waals surface area contributed by atoms with Gasteiger partial charge in [-0.15, -0.1) is 0 Å². The van der Waals surface area contributed by atoms with Crippen LogP contribution in [-0.2, 0) is 35.3 Å². The van der Waals surface area contributed by atoms with Crippen LogP contribution in [0, 0.1) is 11.8 Å². The van der Waals surface area contributed by atoms with Gasteiger partial charge in [0.2, 0.25) is 11.8 Å². The molecular formula is C31H45N5O7. The molecule has 2 aliphatic heterocycles. The number of rotatable bonds is 13. The van der Waals surface area contributed by atoms with Crippen LogP contribution in [-0.4, -0.2) is 98.0 Å². The number of piperidine rings is 2. The summed E-state index contributed by atoms with van der Waals surface area (Å²) in [6.07, 6.45) is 5.97. The van der Waals surface area contributed by atoms with Crippen LogP contribution in [0.3, 0.4) is 0 Å². The van der Waals surface area contributed by atoms with Crippen molar-refractivity contribution in [2.24, 2.45) is 11.8 Å². The van der Waals surface area contributed by atoms with E-state index in [0.29, 0.717) is 38.4 Å². The van der Waals surface area contributed by atoms with Crippen molar-refractivity contribution in [2.75, 3.05) is 52.4 Å². The number of nitrogens with one attached hydrogen (secondary N) is 3. The van der Waals surface area contributed by atoms with E-state index in [2.05, 4.69) is 16.0 Å². The molecule has 0 aliphatic carbocycles. The molecule has 0 aromatic heterocycles. The van der Waals surface area contributed by atoms with E-state index in [1.54, 1.807) is 23.1 Å². The average Bonchev–Trinajstić information content (AvgIpc) is 3.04. The summed E-state index contributed by atoms with van der Waals surface area (Å²) < 4.78 is 10.4. The van der Waals surface area contributed by atoms with Crippen LogP contribution in [0.25, 0.3) is 0 Å². The summed E-state index contributed by atoms with van der Waals surface area (Å²) in [4.78, 5) is 66.9. The number of allylic oxidation sites excluding steroid dienone is 1. The maximum atomic E-state index is 13.1. The first-order valence-corrected chi connectivity index (χ1v) is 15.2. The van der Waals surface area contributed by atoms with Gasteiger partial charge in [0.1, 0.15) is 12.6 Å². The van der Waals surface area contributed by atoms with Crippen molar-refractivity contribution in [1.82, 2.24) is 25.8 Å². The number of carbonyl (C=O) groups is 5. The minimum absolute atomic E-state index is 0.0146. The predicted octanol–water partition coefficient (Wildman–Crippen LogP) is 1.60. The second kappa shape index (κ2) is 17.9. The number of hydrogen-bond acceptors (Lipinski definition) is 8. The highest BCUT2D eigenvalue weighted by molar-refractivity contribution is 5.89. The van der Waals surface area contributed by atoms with Crippen LogP contribution >= 0.6 is 0 Å². The number of likely N-dealkylation sites (N-methyl/N-ethyl adjacent to an activating group) is 1. The Balaban J connectivity index is 1.55. The van der Waals surface area contributed by atoms with E-state index in [4.69, 9.17) is 9.47 Å². The Labute approximate surface area is 253 Å². The van der Waals surface area contributed by atoms with Gasteiger partial charge in [-0.3, -0.25) is 14.4 Å². The molecule has 2 aliphatic rings. The van der Waals surface area contributed by atoms with Crippen molar-refractivity contribution in [3.05, 3.63) is 48.0 Å². The van der Waals surface area contributed by atoms with E-state index >= 15 is 0 Å². The number of alkyl carbamates (subject to hydrolysis) is 1. The molecule has 12 nitrogen and oxygen atoms in total. The van der Waals surface area contributed by atoms with Crippen LogP contribution in [0.15, 0.2) is 42.5 Å². The Morgan fingerprint density at radius 3 is 2.47 bits per heavy atom.